The number of fused-ring (bicyclic) bond motifs is 10. The molecule has 8 aromatic carbocycles. The van der Waals surface area contributed by atoms with Crippen LogP contribution in [-0.2, 0) is 51.4 Å². The molecule has 0 aliphatic heterocycles. The molecule has 4 aliphatic carbocycles. The lowest BCUT2D eigenvalue weighted by Gasteiger charge is -2.20. The Balaban J connectivity index is 0.889. The Morgan fingerprint density at radius 1 is 0.481 bits per heavy atom. The Kier molecular flexibility index (Phi) is 13.0. The predicted octanol–water partition coefficient (Wildman–Crippen LogP) is 21.5. The van der Waals surface area contributed by atoms with Gasteiger partial charge in [-0.2, -0.15) is 0 Å². The minimum absolute atomic E-state index is 0.880. The average Bonchev–Trinajstić information content (AvgIpc) is 4.31. The number of nitrogens with one attached hydrogen (secondary N) is 1. The molecule has 0 bridgehead atoms. The molecule has 3 nitrogen and oxygen atoms in total. The number of H-pyrrole nitrogens is 1. The standard InChI is InChI=1S/C78H71NO2/c1-3-59-71-48-58(65-34-18-27-53-23-12-15-32-63(53)65)46-67(77(71)80-75(59)35-19-28-51-25-16-24-50-21-10-13-30-61(50)51)56-37-40-74-69(43-56)68-42-55(36-39-73(68)79-74)66-45-57(60-29-9-7-5-4-6-8-20-49(60)2)47-72-70-44-54(38-41-76(70)81-78(66)72)64-33-17-26-52-22-11-14-31-62(52)64/h7,9,16-19,24-27,29,33-48,79H,2-6,8,10-15,20-23,28,30-32H2,1H3/b9-7-,35-19-,60-29+. The number of hydrogen-bond acceptors (Lipinski definition) is 2. The molecule has 11 aromatic rings. The van der Waals surface area contributed by atoms with Crippen LogP contribution < -0.4 is 0 Å². The van der Waals surface area contributed by atoms with E-state index in [1.165, 1.54) is 158 Å². The fourth-order valence-electron chi connectivity index (χ4n) is 14.8. The second-order valence-electron chi connectivity index (χ2n) is 23.9. The fraction of sp³-hybridized carbons (Fsp3) is 0.256. The maximum Gasteiger partial charge on any atom is 0.143 e. The third-order valence-corrected chi connectivity index (χ3v) is 19.0. The topological polar surface area (TPSA) is 42.1 Å². The van der Waals surface area contributed by atoms with Crippen molar-refractivity contribution in [3.05, 3.63) is 226 Å². The number of aromatic amines is 1. The van der Waals surface area contributed by atoms with Gasteiger partial charge in [-0.25, -0.2) is 0 Å². The molecule has 1 N–H and O–H groups in total. The summed E-state index contributed by atoms with van der Waals surface area (Å²) in [5.74, 6) is 0.971. The molecule has 3 heterocycles. The van der Waals surface area contributed by atoms with Crippen LogP contribution in [0.15, 0.2) is 179 Å². The molecule has 3 heteroatoms. The van der Waals surface area contributed by atoms with E-state index in [2.05, 4.69) is 176 Å². The van der Waals surface area contributed by atoms with Gasteiger partial charge in [0.15, 0.2) is 0 Å². The zero-order chi connectivity index (χ0) is 54.0. The number of hydrogen-bond donors (Lipinski definition) is 1. The molecular weight excluding hydrogens is 983 g/mol. The quantitative estimate of drug-likeness (QED) is 0.157. The number of allylic oxidation sites excluding steroid dienone is 6. The highest BCUT2D eigenvalue weighted by molar-refractivity contribution is 6.15. The second kappa shape index (κ2) is 21.1. The zero-order valence-electron chi connectivity index (χ0n) is 47.0. The smallest absolute Gasteiger partial charge is 0.143 e. The molecule has 0 radical (unpaired) electrons. The lowest BCUT2D eigenvalue weighted by Crippen LogP contribution is -2.05. The van der Waals surface area contributed by atoms with Gasteiger partial charge in [0.05, 0.1) is 0 Å². The summed E-state index contributed by atoms with van der Waals surface area (Å²) in [6, 6.07) is 51.3. The molecule has 81 heavy (non-hydrogen) atoms. The van der Waals surface area contributed by atoms with Crippen molar-refractivity contribution < 1.29 is 8.83 Å². The summed E-state index contributed by atoms with van der Waals surface area (Å²) >= 11 is 0. The highest BCUT2D eigenvalue weighted by atomic mass is 16.3. The number of furan rings is 2. The van der Waals surface area contributed by atoms with Crippen molar-refractivity contribution in [1.29, 1.82) is 0 Å². The molecule has 0 atom stereocenters. The van der Waals surface area contributed by atoms with Gasteiger partial charge in [0.25, 0.3) is 0 Å². The van der Waals surface area contributed by atoms with Gasteiger partial charge in [-0.15, -0.1) is 0 Å². The van der Waals surface area contributed by atoms with Gasteiger partial charge < -0.3 is 13.8 Å². The summed E-state index contributed by atoms with van der Waals surface area (Å²) < 4.78 is 14.3. The van der Waals surface area contributed by atoms with E-state index in [4.69, 9.17) is 15.4 Å². The van der Waals surface area contributed by atoms with Gasteiger partial charge in [-0.1, -0.05) is 117 Å². The first-order chi connectivity index (χ1) is 40.0. The van der Waals surface area contributed by atoms with Crippen LogP contribution in [0, 0.1) is 0 Å². The van der Waals surface area contributed by atoms with E-state index in [1.54, 1.807) is 5.56 Å². The fourth-order valence-corrected chi connectivity index (χ4v) is 14.8. The Labute approximate surface area is 476 Å². The summed E-state index contributed by atoms with van der Waals surface area (Å²) in [7, 11) is 0. The molecule has 15 rings (SSSR count). The molecule has 0 saturated heterocycles. The highest BCUT2D eigenvalue weighted by Gasteiger charge is 2.24. The largest absolute Gasteiger partial charge is 0.456 e. The van der Waals surface area contributed by atoms with E-state index >= 15 is 0 Å². The Morgan fingerprint density at radius 2 is 1.05 bits per heavy atom. The minimum atomic E-state index is 0.880. The Bertz CT molecular complexity index is 4420. The van der Waals surface area contributed by atoms with Crippen LogP contribution in [-0.4, -0.2) is 4.98 Å². The molecule has 0 amide bonds. The molecule has 4 aliphatic rings. The van der Waals surface area contributed by atoms with Crippen molar-refractivity contribution in [2.75, 3.05) is 0 Å². The van der Waals surface area contributed by atoms with Crippen LogP contribution in [0.2, 0.25) is 0 Å². The lowest BCUT2D eigenvalue weighted by atomic mass is 9.84. The first kappa shape index (κ1) is 49.9. The van der Waals surface area contributed by atoms with E-state index in [1.807, 2.05) is 0 Å². The van der Waals surface area contributed by atoms with Crippen LogP contribution in [0.5, 0.6) is 0 Å². The van der Waals surface area contributed by atoms with Gasteiger partial charge in [0.1, 0.15) is 22.5 Å². The maximum atomic E-state index is 7.19. The summed E-state index contributed by atoms with van der Waals surface area (Å²) in [6.45, 7) is 7.03. The van der Waals surface area contributed by atoms with Gasteiger partial charge >= 0.3 is 0 Å². The minimum Gasteiger partial charge on any atom is -0.456 e. The van der Waals surface area contributed by atoms with Crippen molar-refractivity contribution in [3.8, 4) is 44.5 Å². The van der Waals surface area contributed by atoms with Crippen LogP contribution in [0.4, 0.5) is 0 Å². The normalized spacial score (nSPS) is 17.0. The van der Waals surface area contributed by atoms with E-state index in [-0.39, 0.29) is 0 Å². The highest BCUT2D eigenvalue weighted by Crippen LogP contribution is 2.46. The van der Waals surface area contributed by atoms with Crippen LogP contribution in [0.3, 0.4) is 0 Å². The summed E-state index contributed by atoms with van der Waals surface area (Å²) in [5.41, 5.74) is 30.2. The zero-order valence-corrected chi connectivity index (χ0v) is 47.0. The van der Waals surface area contributed by atoms with Gasteiger partial charge in [-0.3, -0.25) is 0 Å². The van der Waals surface area contributed by atoms with Crippen LogP contribution in [0.25, 0.3) is 111 Å². The molecule has 0 spiro atoms. The second-order valence-corrected chi connectivity index (χ2v) is 23.9. The molecule has 0 fully saturated rings. The summed E-state index contributed by atoms with van der Waals surface area (Å²) in [5, 5.41) is 5.88. The molecular formula is C78H71NO2. The maximum absolute atomic E-state index is 7.19. The van der Waals surface area contributed by atoms with E-state index < -0.39 is 0 Å². The van der Waals surface area contributed by atoms with Crippen LogP contribution >= 0.6 is 0 Å². The number of aryl methyl sites for hydroxylation is 4. The van der Waals surface area contributed by atoms with E-state index in [0.29, 0.717) is 0 Å². The summed E-state index contributed by atoms with van der Waals surface area (Å²) in [4.78, 5) is 3.83. The first-order valence-corrected chi connectivity index (χ1v) is 30.7. The van der Waals surface area contributed by atoms with Gasteiger partial charge in [0.2, 0.25) is 0 Å². The van der Waals surface area contributed by atoms with Crippen molar-refractivity contribution in [2.24, 2.45) is 0 Å². The first-order valence-electron chi connectivity index (χ1n) is 30.7. The SMILES string of the molecule is C=C1CCCCC/C=C\C=C/1c1cc(-c2ccc3[nH]c4ccc(-c5cc(-c6cccc7c6CCCC7)cc6c(CC)c(/C=C\Cc7cccc8c7CCCC8)oc56)cc4c3c2)c2oc3ccc(-c4cccc5c4CCCC5)cc3c2c1. The Morgan fingerprint density at radius 3 is 1.77 bits per heavy atom. The third-order valence-electron chi connectivity index (χ3n) is 19.0. The van der Waals surface area contributed by atoms with Crippen molar-refractivity contribution in [1.82, 2.24) is 4.98 Å². The summed E-state index contributed by atoms with van der Waals surface area (Å²) in [6.07, 6.45) is 33.5. The predicted molar refractivity (Wildman–Crippen MR) is 342 cm³/mol. The monoisotopic (exact) mass is 1050 g/mol. The molecule has 0 saturated carbocycles. The van der Waals surface area contributed by atoms with Gasteiger partial charge in [0, 0.05) is 54.7 Å². The molecule has 3 aromatic heterocycles. The van der Waals surface area contributed by atoms with Crippen molar-refractivity contribution in [2.45, 2.75) is 129 Å². The Hall–Kier alpha value is -8.14. The number of benzene rings is 8. The number of aromatic nitrogens is 1. The van der Waals surface area contributed by atoms with Crippen molar-refractivity contribution in [3.63, 3.8) is 0 Å². The molecule has 400 valence electrons. The third kappa shape index (κ3) is 9.05. The van der Waals surface area contributed by atoms with Crippen LogP contribution in [0.1, 0.15) is 133 Å². The average molecular weight is 1050 g/mol. The van der Waals surface area contributed by atoms with E-state index in [9.17, 15) is 0 Å². The number of rotatable bonds is 9. The van der Waals surface area contributed by atoms with Crippen molar-refractivity contribution >= 4 is 66.4 Å². The molecule has 0 unspecified atom stereocenters. The van der Waals surface area contributed by atoms with Gasteiger partial charge in [-0.05, 0) is 271 Å². The lowest BCUT2D eigenvalue weighted by molar-refractivity contribution is 0.600. The van der Waals surface area contributed by atoms with E-state index in [0.717, 1.165) is 124 Å².